The summed E-state index contributed by atoms with van der Waals surface area (Å²) in [5.41, 5.74) is 4.15. The van der Waals surface area contributed by atoms with Gasteiger partial charge in [-0.25, -0.2) is 0 Å². The van der Waals surface area contributed by atoms with Crippen molar-refractivity contribution < 1.29 is 0 Å². The number of aryl methyl sites for hydroxylation is 1. The molecule has 0 nitrogen and oxygen atoms in total. The van der Waals surface area contributed by atoms with Gasteiger partial charge in [0.05, 0.1) is 0 Å². The van der Waals surface area contributed by atoms with E-state index in [1.165, 1.54) is 21.2 Å². The van der Waals surface area contributed by atoms with E-state index < -0.39 is 0 Å². The molecular formula is C10H12Br2. The topological polar surface area (TPSA) is 0 Å². The van der Waals surface area contributed by atoms with Crippen molar-refractivity contribution in [1.82, 2.24) is 0 Å². The zero-order valence-electron chi connectivity index (χ0n) is 7.54. The second kappa shape index (κ2) is 3.93. The van der Waals surface area contributed by atoms with Crippen molar-refractivity contribution in [3.05, 3.63) is 31.7 Å². The normalized spacial score (nSPS) is 10.4. The van der Waals surface area contributed by atoms with Crippen LogP contribution < -0.4 is 0 Å². The molecule has 0 saturated heterocycles. The highest BCUT2D eigenvalue weighted by Gasteiger charge is 2.06. The van der Waals surface area contributed by atoms with Gasteiger partial charge in [-0.05, 0) is 74.9 Å². The van der Waals surface area contributed by atoms with Crippen LogP contribution in [-0.4, -0.2) is 0 Å². The Bertz CT molecular complexity index is 303. The highest BCUT2D eigenvalue weighted by molar-refractivity contribution is 9.13. The lowest BCUT2D eigenvalue weighted by molar-refractivity contribution is 1.08. The summed E-state index contributed by atoms with van der Waals surface area (Å²) in [6, 6.07) is 2.19. The van der Waals surface area contributed by atoms with E-state index in [-0.39, 0.29) is 0 Å². The molecule has 0 unspecified atom stereocenters. The standard InChI is InChI=1S/C10H12Br2/c1-4-8-5-9(11)10(12)7(3)6(8)2/h5H,4H2,1-3H3. The summed E-state index contributed by atoms with van der Waals surface area (Å²) in [6.07, 6.45) is 1.10. The maximum Gasteiger partial charge on any atom is 0.0349 e. The van der Waals surface area contributed by atoms with Crippen molar-refractivity contribution in [1.29, 1.82) is 0 Å². The number of hydrogen-bond donors (Lipinski definition) is 0. The largest absolute Gasteiger partial charge is 0.0613 e. The Labute approximate surface area is 90.6 Å². The third kappa shape index (κ3) is 1.74. The number of halogens is 2. The Hall–Kier alpha value is 0.180. The van der Waals surface area contributed by atoms with Gasteiger partial charge in [0.15, 0.2) is 0 Å². The monoisotopic (exact) mass is 290 g/mol. The molecule has 12 heavy (non-hydrogen) atoms. The molecule has 1 rings (SSSR count). The number of rotatable bonds is 1. The third-order valence-corrected chi connectivity index (χ3v) is 4.44. The fourth-order valence-electron chi connectivity index (χ4n) is 1.28. The summed E-state index contributed by atoms with van der Waals surface area (Å²) < 4.78 is 2.33. The minimum atomic E-state index is 1.10. The summed E-state index contributed by atoms with van der Waals surface area (Å²) >= 11 is 7.07. The maximum absolute atomic E-state index is 3.55. The van der Waals surface area contributed by atoms with Crippen molar-refractivity contribution in [3.8, 4) is 0 Å². The second-order valence-corrected chi connectivity index (χ2v) is 4.58. The van der Waals surface area contributed by atoms with Crippen molar-refractivity contribution in [2.75, 3.05) is 0 Å². The molecule has 0 aromatic heterocycles. The lowest BCUT2D eigenvalue weighted by atomic mass is 10.0. The Morgan fingerprint density at radius 3 is 2.25 bits per heavy atom. The van der Waals surface area contributed by atoms with Gasteiger partial charge in [-0.3, -0.25) is 0 Å². The molecule has 66 valence electrons. The minimum absolute atomic E-state index is 1.10. The van der Waals surface area contributed by atoms with E-state index in [9.17, 15) is 0 Å². The van der Waals surface area contributed by atoms with Crippen LogP contribution in [0.25, 0.3) is 0 Å². The molecule has 0 aliphatic carbocycles. The lowest BCUT2D eigenvalue weighted by Gasteiger charge is -2.10. The van der Waals surface area contributed by atoms with Crippen LogP contribution in [-0.2, 0) is 6.42 Å². The van der Waals surface area contributed by atoms with Crippen LogP contribution in [0.2, 0.25) is 0 Å². The van der Waals surface area contributed by atoms with Crippen LogP contribution in [0, 0.1) is 13.8 Å². The first-order valence-corrected chi connectivity index (χ1v) is 5.60. The van der Waals surface area contributed by atoms with Crippen molar-refractivity contribution >= 4 is 31.9 Å². The SMILES string of the molecule is CCc1cc(Br)c(Br)c(C)c1C. The summed E-state index contributed by atoms with van der Waals surface area (Å²) in [5.74, 6) is 0. The van der Waals surface area contributed by atoms with Crippen LogP contribution in [0.5, 0.6) is 0 Å². The van der Waals surface area contributed by atoms with E-state index in [1.807, 2.05) is 0 Å². The van der Waals surface area contributed by atoms with Gasteiger partial charge in [-0.1, -0.05) is 6.92 Å². The Morgan fingerprint density at radius 1 is 1.17 bits per heavy atom. The Balaban J connectivity index is 3.39. The van der Waals surface area contributed by atoms with Crippen LogP contribution in [0.3, 0.4) is 0 Å². The molecular weight excluding hydrogens is 280 g/mol. The lowest BCUT2D eigenvalue weighted by Crippen LogP contribution is -1.92. The maximum atomic E-state index is 3.55. The average molecular weight is 292 g/mol. The molecule has 0 saturated carbocycles. The van der Waals surface area contributed by atoms with Crippen molar-refractivity contribution in [3.63, 3.8) is 0 Å². The molecule has 0 heterocycles. The highest BCUT2D eigenvalue weighted by atomic mass is 79.9. The molecule has 0 radical (unpaired) electrons. The second-order valence-electron chi connectivity index (χ2n) is 2.94. The predicted octanol–water partition coefficient (Wildman–Crippen LogP) is 4.39. The van der Waals surface area contributed by atoms with Crippen LogP contribution in [0.4, 0.5) is 0 Å². The number of benzene rings is 1. The average Bonchev–Trinajstić information content (AvgIpc) is 2.08. The first-order chi connectivity index (χ1) is 5.57. The van der Waals surface area contributed by atoms with E-state index in [2.05, 4.69) is 58.7 Å². The van der Waals surface area contributed by atoms with E-state index in [1.54, 1.807) is 0 Å². The molecule has 0 amide bonds. The molecule has 2 heteroatoms. The molecule has 0 bridgehead atoms. The van der Waals surface area contributed by atoms with Crippen LogP contribution in [0.1, 0.15) is 23.6 Å². The Kier molecular flexibility index (Phi) is 3.36. The Morgan fingerprint density at radius 2 is 1.75 bits per heavy atom. The van der Waals surface area contributed by atoms with E-state index in [0.717, 1.165) is 10.9 Å². The molecule has 0 N–H and O–H groups in total. The molecule has 0 aliphatic rings. The van der Waals surface area contributed by atoms with Gasteiger partial charge in [-0.2, -0.15) is 0 Å². The van der Waals surface area contributed by atoms with Crippen molar-refractivity contribution in [2.24, 2.45) is 0 Å². The quantitative estimate of drug-likeness (QED) is 0.720. The van der Waals surface area contributed by atoms with Gasteiger partial charge >= 0.3 is 0 Å². The van der Waals surface area contributed by atoms with E-state index >= 15 is 0 Å². The summed E-state index contributed by atoms with van der Waals surface area (Å²) in [5, 5.41) is 0. The predicted molar refractivity (Wildman–Crippen MR) is 60.7 cm³/mol. The van der Waals surface area contributed by atoms with Gasteiger partial charge in [0.2, 0.25) is 0 Å². The fraction of sp³-hybridized carbons (Fsp3) is 0.400. The molecule has 1 aromatic carbocycles. The van der Waals surface area contributed by atoms with Crippen LogP contribution in [0.15, 0.2) is 15.0 Å². The summed E-state index contributed by atoms with van der Waals surface area (Å²) in [7, 11) is 0. The summed E-state index contributed by atoms with van der Waals surface area (Å²) in [6.45, 7) is 6.50. The smallest absolute Gasteiger partial charge is 0.0349 e. The molecule has 0 aliphatic heterocycles. The minimum Gasteiger partial charge on any atom is -0.0613 e. The number of hydrogen-bond acceptors (Lipinski definition) is 0. The highest BCUT2D eigenvalue weighted by Crippen LogP contribution is 2.31. The van der Waals surface area contributed by atoms with Gasteiger partial charge in [0.1, 0.15) is 0 Å². The molecule has 1 aromatic rings. The van der Waals surface area contributed by atoms with Gasteiger partial charge in [0, 0.05) is 8.95 Å². The zero-order chi connectivity index (χ0) is 9.30. The molecule has 0 spiro atoms. The van der Waals surface area contributed by atoms with E-state index in [0.29, 0.717) is 0 Å². The van der Waals surface area contributed by atoms with Gasteiger partial charge in [0.25, 0.3) is 0 Å². The first kappa shape index (κ1) is 10.3. The summed E-state index contributed by atoms with van der Waals surface area (Å²) in [4.78, 5) is 0. The van der Waals surface area contributed by atoms with Gasteiger partial charge < -0.3 is 0 Å². The van der Waals surface area contributed by atoms with Crippen molar-refractivity contribution in [2.45, 2.75) is 27.2 Å². The molecule has 0 fully saturated rings. The third-order valence-electron chi connectivity index (χ3n) is 2.26. The molecule has 0 atom stereocenters. The zero-order valence-corrected chi connectivity index (χ0v) is 10.7. The first-order valence-electron chi connectivity index (χ1n) is 4.02. The fourth-order valence-corrected chi connectivity index (χ4v) is 2.26. The van der Waals surface area contributed by atoms with E-state index in [4.69, 9.17) is 0 Å². The van der Waals surface area contributed by atoms with Gasteiger partial charge in [-0.15, -0.1) is 0 Å². The van der Waals surface area contributed by atoms with Crippen LogP contribution >= 0.6 is 31.9 Å².